The average molecular weight is 272 g/mol. The van der Waals surface area contributed by atoms with Gasteiger partial charge in [0.1, 0.15) is 0 Å². The molecule has 2 unspecified atom stereocenters. The second kappa shape index (κ2) is 7.39. The van der Waals surface area contributed by atoms with Crippen molar-refractivity contribution in [2.24, 2.45) is 0 Å². The molecule has 2 atom stereocenters. The Morgan fingerprint density at radius 2 is 2.17 bits per heavy atom. The summed E-state index contributed by atoms with van der Waals surface area (Å²) in [5.41, 5.74) is -0.105. The Kier molecular flexibility index (Phi) is 6.50. The van der Waals surface area contributed by atoms with Gasteiger partial charge in [0, 0.05) is 17.3 Å². The molecule has 1 amide bonds. The molecule has 0 radical (unpaired) electrons. The zero-order chi connectivity index (χ0) is 13.6. The number of nitrogens with one attached hydrogen (secondary N) is 2. The van der Waals surface area contributed by atoms with Crippen molar-refractivity contribution in [1.29, 1.82) is 0 Å². The molecule has 0 spiro atoms. The van der Waals surface area contributed by atoms with E-state index in [0.717, 1.165) is 13.0 Å². The predicted molar refractivity (Wildman–Crippen MR) is 80.1 cm³/mol. The minimum atomic E-state index is -0.105. The molecule has 0 aromatic rings. The van der Waals surface area contributed by atoms with Gasteiger partial charge in [0.2, 0.25) is 5.91 Å². The Hall–Kier alpha value is -0.220. The minimum absolute atomic E-state index is 0.0987. The fraction of sp³-hybridized carbons (Fsp3) is 0.929. The maximum Gasteiger partial charge on any atom is 0.237 e. The van der Waals surface area contributed by atoms with Crippen molar-refractivity contribution in [3.05, 3.63) is 0 Å². The number of rotatable bonds is 6. The van der Waals surface area contributed by atoms with Crippen molar-refractivity contribution in [2.45, 2.75) is 70.2 Å². The Balaban J connectivity index is 2.26. The highest BCUT2D eigenvalue weighted by molar-refractivity contribution is 7.99. The standard InChI is InChI=1S/C14H28N2OS/c1-5-14(3,4)16-13(17)11(2)15-10-12-8-6-7-9-18-12/h11-12,15H,5-10H2,1-4H3,(H,16,17). The van der Waals surface area contributed by atoms with E-state index in [4.69, 9.17) is 0 Å². The molecule has 3 nitrogen and oxygen atoms in total. The fourth-order valence-corrected chi connectivity index (χ4v) is 3.15. The van der Waals surface area contributed by atoms with Crippen LogP contribution in [0.15, 0.2) is 0 Å². The highest BCUT2D eigenvalue weighted by atomic mass is 32.2. The van der Waals surface area contributed by atoms with Crippen LogP contribution in [-0.2, 0) is 4.79 Å². The smallest absolute Gasteiger partial charge is 0.237 e. The third-order valence-corrected chi connectivity index (χ3v) is 5.06. The lowest BCUT2D eigenvalue weighted by Crippen LogP contribution is -2.51. The molecule has 1 aliphatic rings. The van der Waals surface area contributed by atoms with Crippen LogP contribution in [0.1, 0.15) is 53.4 Å². The third kappa shape index (κ3) is 5.61. The molecule has 106 valence electrons. The maximum atomic E-state index is 12.0. The van der Waals surface area contributed by atoms with Crippen LogP contribution in [-0.4, -0.2) is 35.0 Å². The molecule has 1 fully saturated rings. The van der Waals surface area contributed by atoms with Gasteiger partial charge in [0.15, 0.2) is 0 Å². The van der Waals surface area contributed by atoms with E-state index in [0.29, 0.717) is 5.25 Å². The Morgan fingerprint density at radius 3 is 2.72 bits per heavy atom. The summed E-state index contributed by atoms with van der Waals surface area (Å²) in [7, 11) is 0. The first kappa shape index (κ1) is 15.8. The van der Waals surface area contributed by atoms with Crippen LogP contribution in [0.2, 0.25) is 0 Å². The number of thioether (sulfide) groups is 1. The zero-order valence-corrected chi connectivity index (χ0v) is 13.0. The van der Waals surface area contributed by atoms with Crippen LogP contribution >= 0.6 is 11.8 Å². The van der Waals surface area contributed by atoms with E-state index >= 15 is 0 Å². The normalized spacial score (nSPS) is 22.6. The molecular weight excluding hydrogens is 244 g/mol. The average Bonchev–Trinajstić information content (AvgIpc) is 2.36. The SMILES string of the molecule is CCC(C)(C)NC(=O)C(C)NCC1CCCCS1. The first-order chi connectivity index (χ1) is 8.44. The van der Waals surface area contributed by atoms with E-state index in [-0.39, 0.29) is 17.5 Å². The van der Waals surface area contributed by atoms with Crippen LogP contribution in [0, 0.1) is 0 Å². The summed E-state index contributed by atoms with van der Waals surface area (Å²) < 4.78 is 0. The van der Waals surface area contributed by atoms with Crippen molar-refractivity contribution in [2.75, 3.05) is 12.3 Å². The Labute approximate surface area is 116 Å². The summed E-state index contributed by atoms with van der Waals surface area (Å²) in [6.07, 6.45) is 4.92. The van der Waals surface area contributed by atoms with Gasteiger partial charge in [-0.05, 0) is 45.8 Å². The third-order valence-electron chi connectivity index (χ3n) is 3.66. The molecule has 1 saturated heterocycles. The fourth-order valence-electron chi connectivity index (χ4n) is 1.90. The Bertz CT molecular complexity index is 263. The Morgan fingerprint density at radius 1 is 1.44 bits per heavy atom. The second-order valence-electron chi connectivity index (χ2n) is 5.85. The van der Waals surface area contributed by atoms with Crippen LogP contribution < -0.4 is 10.6 Å². The number of amides is 1. The van der Waals surface area contributed by atoms with Gasteiger partial charge >= 0.3 is 0 Å². The lowest BCUT2D eigenvalue weighted by Gasteiger charge is -2.28. The molecule has 18 heavy (non-hydrogen) atoms. The molecule has 1 rings (SSSR count). The molecule has 4 heteroatoms. The van der Waals surface area contributed by atoms with Gasteiger partial charge in [-0.3, -0.25) is 4.79 Å². The van der Waals surface area contributed by atoms with Gasteiger partial charge in [-0.25, -0.2) is 0 Å². The van der Waals surface area contributed by atoms with Gasteiger partial charge in [0.25, 0.3) is 0 Å². The van der Waals surface area contributed by atoms with Crippen molar-refractivity contribution in [3.8, 4) is 0 Å². The zero-order valence-electron chi connectivity index (χ0n) is 12.2. The highest BCUT2D eigenvalue weighted by Crippen LogP contribution is 2.24. The largest absolute Gasteiger partial charge is 0.350 e. The molecule has 1 heterocycles. The van der Waals surface area contributed by atoms with E-state index in [2.05, 4.69) is 31.4 Å². The summed E-state index contributed by atoms with van der Waals surface area (Å²) in [6.45, 7) is 9.13. The van der Waals surface area contributed by atoms with Crippen LogP contribution in [0.5, 0.6) is 0 Å². The van der Waals surface area contributed by atoms with E-state index < -0.39 is 0 Å². The number of carbonyl (C=O) groups excluding carboxylic acids is 1. The summed E-state index contributed by atoms with van der Waals surface area (Å²) in [5, 5.41) is 7.14. The van der Waals surface area contributed by atoms with E-state index in [1.165, 1.54) is 25.0 Å². The molecular formula is C14H28N2OS. The summed E-state index contributed by atoms with van der Waals surface area (Å²) in [4.78, 5) is 12.0. The minimum Gasteiger partial charge on any atom is -0.350 e. The first-order valence-electron chi connectivity index (χ1n) is 7.11. The first-order valence-corrected chi connectivity index (χ1v) is 8.16. The van der Waals surface area contributed by atoms with E-state index in [9.17, 15) is 4.79 Å². The van der Waals surface area contributed by atoms with Crippen molar-refractivity contribution >= 4 is 17.7 Å². The van der Waals surface area contributed by atoms with Gasteiger partial charge in [0.05, 0.1) is 6.04 Å². The molecule has 0 aliphatic carbocycles. The lowest BCUT2D eigenvalue weighted by atomic mass is 10.0. The molecule has 1 aliphatic heterocycles. The summed E-state index contributed by atoms with van der Waals surface area (Å²) in [5.74, 6) is 1.39. The van der Waals surface area contributed by atoms with Crippen LogP contribution in [0.25, 0.3) is 0 Å². The number of hydrogen-bond donors (Lipinski definition) is 2. The van der Waals surface area contributed by atoms with Gasteiger partial charge in [-0.2, -0.15) is 11.8 Å². The molecule has 2 N–H and O–H groups in total. The van der Waals surface area contributed by atoms with Crippen LogP contribution in [0.4, 0.5) is 0 Å². The monoisotopic (exact) mass is 272 g/mol. The highest BCUT2D eigenvalue weighted by Gasteiger charge is 2.22. The second-order valence-corrected chi connectivity index (χ2v) is 7.25. The predicted octanol–water partition coefficient (Wildman–Crippen LogP) is 2.56. The van der Waals surface area contributed by atoms with Gasteiger partial charge in [-0.1, -0.05) is 13.3 Å². The van der Waals surface area contributed by atoms with Crippen molar-refractivity contribution in [1.82, 2.24) is 10.6 Å². The van der Waals surface area contributed by atoms with Crippen molar-refractivity contribution < 1.29 is 4.79 Å². The summed E-state index contributed by atoms with van der Waals surface area (Å²) in [6, 6.07) is -0.0987. The quantitative estimate of drug-likeness (QED) is 0.781. The number of carbonyl (C=O) groups is 1. The molecule has 0 bridgehead atoms. The molecule has 0 aromatic carbocycles. The van der Waals surface area contributed by atoms with Gasteiger partial charge in [-0.15, -0.1) is 0 Å². The summed E-state index contributed by atoms with van der Waals surface area (Å²) >= 11 is 2.04. The van der Waals surface area contributed by atoms with E-state index in [1.807, 2.05) is 18.7 Å². The topological polar surface area (TPSA) is 41.1 Å². The lowest BCUT2D eigenvalue weighted by molar-refractivity contribution is -0.124. The van der Waals surface area contributed by atoms with Gasteiger partial charge < -0.3 is 10.6 Å². The number of hydrogen-bond acceptors (Lipinski definition) is 3. The maximum absolute atomic E-state index is 12.0. The van der Waals surface area contributed by atoms with Crippen LogP contribution in [0.3, 0.4) is 0 Å². The molecule has 0 saturated carbocycles. The van der Waals surface area contributed by atoms with Crippen molar-refractivity contribution in [3.63, 3.8) is 0 Å². The molecule has 0 aromatic heterocycles. The van der Waals surface area contributed by atoms with E-state index in [1.54, 1.807) is 0 Å².